The number of likely N-dealkylation sites (N-methyl/N-ethyl adjacent to an activating group) is 1. The van der Waals surface area contributed by atoms with E-state index in [1.807, 2.05) is 11.8 Å². The Morgan fingerprint density at radius 1 is 1.42 bits per heavy atom. The first kappa shape index (κ1) is 14.9. The van der Waals surface area contributed by atoms with Crippen LogP contribution in [0.2, 0.25) is 0 Å². The van der Waals surface area contributed by atoms with E-state index < -0.39 is 0 Å². The lowest BCUT2D eigenvalue weighted by Crippen LogP contribution is -2.46. The van der Waals surface area contributed by atoms with Crippen molar-refractivity contribution in [1.29, 1.82) is 0 Å². The molecule has 0 aromatic heterocycles. The summed E-state index contributed by atoms with van der Waals surface area (Å²) in [5.74, 6) is 3.07. The smallest absolute Gasteiger partial charge is 0.0461 e. The lowest BCUT2D eigenvalue weighted by Gasteiger charge is -2.36. The summed E-state index contributed by atoms with van der Waals surface area (Å²) in [6, 6.07) is 9.45. The molecule has 1 aliphatic heterocycles. The van der Waals surface area contributed by atoms with Crippen LogP contribution < -0.4 is 5.73 Å². The van der Waals surface area contributed by atoms with Gasteiger partial charge in [0.15, 0.2) is 0 Å². The minimum atomic E-state index is 0.130. The van der Waals surface area contributed by atoms with Crippen LogP contribution in [0.15, 0.2) is 24.3 Å². The van der Waals surface area contributed by atoms with E-state index in [9.17, 15) is 0 Å². The van der Waals surface area contributed by atoms with Gasteiger partial charge in [0.1, 0.15) is 0 Å². The molecule has 2 nitrogen and oxygen atoms in total. The summed E-state index contributed by atoms with van der Waals surface area (Å²) < 4.78 is 0. The fourth-order valence-corrected chi connectivity index (χ4v) is 3.99. The van der Waals surface area contributed by atoms with E-state index >= 15 is 0 Å². The molecule has 1 fully saturated rings. The first-order valence-corrected chi connectivity index (χ1v) is 8.36. The normalized spacial score (nSPS) is 22.7. The second-order valence-electron chi connectivity index (χ2n) is 5.99. The number of nitrogens with two attached hydrogens (primary N) is 1. The van der Waals surface area contributed by atoms with E-state index in [1.165, 1.54) is 16.9 Å². The molecular formula is C16H26N2S. The van der Waals surface area contributed by atoms with Crippen LogP contribution in [0.3, 0.4) is 0 Å². The van der Waals surface area contributed by atoms with Crippen molar-refractivity contribution in [3.05, 3.63) is 35.4 Å². The molecular weight excluding hydrogens is 252 g/mol. The van der Waals surface area contributed by atoms with Crippen LogP contribution in [0.4, 0.5) is 0 Å². The minimum Gasteiger partial charge on any atom is -0.323 e. The average molecular weight is 278 g/mol. The van der Waals surface area contributed by atoms with Gasteiger partial charge in [0, 0.05) is 30.1 Å². The maximum Gasteiger partial charge on any atom is 0.0461 e. The first-order chi connectivity index (χ1) is 9.08. The van der Waals surface area contributed by atoms with Gasteiger partial charge in [-0.2, -0.15) is 11.8 Å². The summed E-state index contributed by atoms with van der Waals surface area (Å²) >= 11 is 2.02. The molecule has 3 heteroatoms. The Labute approximate surface area is 121 Å². The van der Waals surface area contributed by atoms with Crippen LogP contribution >= 0.6 is 11.8 Å². The van der Waals surface area contributed by atoms with Crippen LogP contribution in [0, 0.1) is 5.92 Å². The molecule has 1 heterocycles. The van der Waals surface area contributed by atoms with E-state index in [-0.39, 0.29) is 6.04 Å². The predicted molar refractivity (Wildman–Crippen MR) is 85.7 cm³/mol. The number of benzene rings is 1. The van der Waals surface area contributed by atoms with Crippen LogP contribution in [0.25, 0.3) is 0 Å². The fourth-order valence-electron chi connectivity index (χ4n) is 2.70. The monoisotopic (exact) mass is 278 g/mol. The van der Waals surface area contributed by atoms with Crippen molar-refractivity contribution in [2.45, 2.75) is 32.4 Å². The Hall–Kier alpha value is -0.510. The second kappa shape index (κ2) is 6.78. The van der Waals surface area contributed by atoms with Crippen molar-refractivity contribution < 1.29 is 0 Å². The van der Waals surface area contributed by atoms with Gasteiger partial charge in [-0.1, -0.05) is 38.1 Å². The van der Waals surface area contributed by atoms with Gasteiger partial charge in [-0.3, -0.25) is 4.90 Å². The lowest BCUT2D eigenvalue weighted by molar-refractivity contribution is 0.237. The third kappa shape index (κ3) is 3.98. The topological polar surface area (TPSA) is 29.3 Å². The molecule has 2 rings (SSSR count). The van der Waals surface area contributed by atoms with Gasteiger partial charge in [0.05, 0.1) is 0 Å². The van der Waals surface area contributed by atoms with Gasteiger partial charge in [0.2, 0.25) is 0 Å². The largest absolute Gasteiger partial charge is 0.323 e. The molecule has 0 bridgehead atoms. The molecule has 0 amide bonds. The maximum absolute atomic E-state index is 6.50. The standard InChI is InChI=1S/C16H26N2S/c1-12(2)9-13-5-4-6-14(10-13)16(17)15-11-19-8-7-18(15)3/h4-6,10,12,15-16H,7-9,11,17H2,1-3H3. The number of hydrogen-bond acceptors (Lipinski definition) is 3. The van der Waals surface area contributed by atoms with E-state index in [1.54, 1.807) is 0 Å². The van der Waals surface area contributed by atoms with E-state index in [4.69, 9.17) is 5.73 Å². The molecule has 0 radical (unpaired) electrons. The second-order valence-corrected chi connectivity index (χ2v) is 7.14. The summed E-state index contributed by atoms with van der Waals surface area (Å²) in [4.78, 5) is 2.41. The van der Waals surface area contributed by atoms with Crippen molar-refractivity contribution in [2.24, 2.45) is 11.7 Å². The Bertz CT molecular complexity index is 405. The molecule has 2 N–H and O–H groups in total. The van der Waals surface area contributed by atoms with Crippen LogP contribution in [0.5, 0.6) is 0 Å². The number of rotatable bonds is 4. The Balaban J connectivity index is 2.11. The Morgan fingerprint density at radius 2 is 2.21 bits per heavy atom. The van der Waals surface area contributed by atoms with Gasteiger partial charge >= 0.3 is 0 Å². The fraction of sp³-hybridized carbons (Fsp3) is 0.625. The summed E-state index contributed by atoms with van der Waals surface area (Å²) in [5, 5.41) is 0. The molecule has 1 aromatic rings. The zero-order chi connectivity index (χ0) is 13.8. The highest BCUT2D eigenvalue weighted by Gasteiger charge is 2.26. The number of hydrogen-bond donors (Lipinski definition) is 1. The first-order valence-electron chi connectivity index (χ1n) is 7.20. The molecule has 1 aromatic carbocycles. The third-order valence-electron chi connectivity index (χ3n) is 3.84. The van der Waals surface area contributed by atoms with Gasteiger partial charge in [-0.05, 0) is 30.5 Å². The number of thioether (sulfide) groups is 1. The highest BCUT2D eigenvalue weighted by molar-refractivity contribution is 7.99. The highest BCUT2D eigenvalue weighted by Crippen LogP contribution is 2.25. The van der Waals surface area contributed by atoms with E-state index in [0.29, 0.717) is 12.0 Å². The zero-order valence-electron chi connectivity index (χ0n) is 12.3. The Morgan fingerprint density at radius 3 is 2.89 bits per heavy atom. The third-order valence-corrected chi connectivity index (χ3v) is 4.89. The molecule has 106 valence electrons. The van der Waals surface area contributed by atoms with Gasteiger partial charge in [-0.25, -0.2) is 0 Å². The van der Waals surface area contributed by atoms with Gasteiger partial charge in [-0.15, -0.1) is 0 Å². The predicted octanol–water partition coefficient (Wildman–Crippen LogP) is 2.93. The van der Waals surface area contributed by atoms with Crippen molar-refractivity contribution in [3.63, 3.8) is 0 Å². The van der Waals surface area contributed by atoms with Crippen LogP contribution in [0.1, 0.15) is 31.0 Å². The Kier molecular flexibility index (Phi) is 5.31. The molecule has 19 heavy (non-hydrogen) atoms. The number of nitrogens with zero attached hydrogens (tertiary/aromatic N) is 1. The summed E-state index contributed by atoms with van der Waals surface area (Å²) in [5.41, 5.74) is 9.21. The summed E-state index contributed by atoms with van der Waals surface area (Å²) in [7, 11) is 2.20. The maximum atomic E-state index is 6.50. The minimum absolute atomic E-state index is 0.130. The highest BCUT2D eigenvalue weighted by atomic mass is 32.2. The van der Waals surface area contributed by atoms with Gasteiger partial charge in [0.25, 0.3) is 0 Å². The zero-order valence-corrected chi connectivity index (χ0v) is 13.1. The molecule has 0 aliphatic carbocycles. The van der Waals surface area contributed by atoms with Crippen LogP contribution in [-0.4, -0.2) is 36.0 Å². The molecule has 2 atom stereocenters. The molecule has 1 aliphatic rings. The van der Waals surface area contributed by atoms with Crippen LogP contribution in [-0.2, 0) is 6.42 Å². The molecule has 2 unspecified atom stereocenters. The summed E-state index contributed by atoms with van der Waals surface area (Å²) in [6.45, 7) is 5.67. The van der Waals surface area contributed by atoms with E-state index in [2.05, 4.69) is 50.1 Å². The summed E-state index contributed by atoms with van der Waals surface area (Å²) in [6.07, 6.45) is 1.13. The molecule has 0 saturated carbocycles. The van der Waals surface area contributed by atoms with Crippen molar-refractivity contribution in [1.82, 2.24) is 4.90 Å². The SMILES string of the molecule is CC(C)Cc1cccc(C(N)C2CSCCN2C)c1. The average Bonchev–Trinajstić information content (AvgIpc) is 2.38. The quantitative estimate of drug-likeness (QED) is 0.918. The molecule has 0 spiro atoms. The lowest BCUT2D eigenvalue weighted by atomic mass is 9.95. The molecule has 1 saturated heterocycles. The van der Waals surface area contributed by atoms with E-state index in [0.717, 1.165) is 18.7 Å². The van der Waals surface area contributed by atoms with Crippen molar-refractivity contribution in [2.75, 3.05) is 25.1 Å². The van der Waals surface area contributed by atoms with Crippen molar-refractivity contribution in [3.8, 4) is 0 Å². The van der Waals surface area contributed by atoms with Gasteiger partial charge < -0.3 is 5.73 Å². The van der Waals surface area contributed by atoms with Crippen molar-refractivity contribution >= 4 is 11.8 Å².